The van der Waals surface area contributed by atoms with Crippen LogP contribution >= 0.6 is 0 Å². The number of nitrogens with two attached hydrogens (primary N) is 1. The molecule has 1 aromatic heterocycles. The van der Waals surface area contributed by atoms with Gasteiger partial charge >= 0.3 is 0 Å². The molecular weight excluding hydrogens is 419 g/mol. The van der Waals surface area contributed by atoms with Crippen molar-refractivity contribution in [3.05, 3.63) is 69.8 Å². The highest BCUT2D eigenvalue weighted by atomic mass is 19.2. The van der Waals surface area contributed by atoms with Crippen LogP contribution < -0.4 is 16.2 Å². The maximum Gasteiger partial charge on any atom is 0.263 e. The predicted molar refractivity (Wildman–Crippen MR) is 114 cm³/mol. The zero-order valence-corrected chi connectivity index (χ0v) is 17.3. The Balaban J connectivity index is 1.97. The quantitative estimate of drug-likeness (QED) is 0.676. The SMILES string of the molecule is Cn1c(N2CCC(N)CC2)nc(-c2ccc(C#N)c(F)c2)c(-c2ccc(F)c(F)c2)c1=O. The summed E-state index contributed by atoms with van der Waals surface area (Å²) in [6.07, 6.45) is 1.45. The van der Waals surface area contributed by atoms with Crippen LogP contribution in [0, 0.1) is 28.8 Å². The Bertz CT molecular complexity index is 1290. The summed E-state index contributed by atoms with van der Waals surface area (Å²) in [4.78, 5) is 20.0. The second-order valence-corrected chi connectivity index (χ2v) is 7.76. The molecule has 0 bridgehead atoms. The Morgan fingerprint density at radius 2 is 1.69 bits per heavy atom. The number of piperidine rings is 1. The van der Waals surface area contributed by atoms with Crippen LogP contribution in [0.4, 0.5) is 19.1 Å². The van der Waals surface area contributed by atoms with Crippen molar-refractivity contribution >= 4 is 5.95 Å². The number of benzene rings is 2. The normalized spacial score (nSPS) is 14.4. The van der Waals surface area contributed by atoms with Gasteiger partial charge in [0.25, 0.3) is 5.56 Å². The summed E-state index contributed by atoms with van der Waals surface area (Å²) in [5.74, 6) is -2.57. The van der Waals surface area contributed by atoms with E-state index in [0.29, 0.717) is 19.0 Å². The molecule has 2 heterocycles. The smallest absolute Gasteiger partial charge is 0.263 e. The number of nitrogens with zero attached hydrogens (tertiary/aromatic N) is 4. The van der Waals surface area contributed by atoms with E-state index in [9.17, 15) is 18.0 Å². The number of halogens is 3. The van der Waals surface area contributed by atoms with Gasteiger partial charge in [0.1, 0.15) is 11.9 Å². The maximum absolute atomic E-state index is 14.4. The van der Waals surface area contributed by atoms with Gasteiger partial charge in [0.05, 0.1) is 16.8 Å². The summed E-state index contributed by atoms with van der Waals surface area (Å²) in [7, 11) is 1.55. The number of nitriles is 1. The minimum atomic E-state index is -1.12. The Morgan fingerprint density at radius 1 is 1.03 bits per heavy atom. The highest BCUT2D eigenvalue weighted by Crippen LogP contribution is 2.32. The Kier molecular flexibility index (Phi) is 5.72. The molecule has 164 valence electrons. The number of rotatable bonds is 3. The molecule has 2 N–H and O–H groups in total. The monoisotopic (exact) mass is 439 g/mol. The maximum atomic E-state index is 14.4. The van der Waals surface area contributed by atoms with Crippen LogP contribution in [-0.2, 0) is 7.05 Å². The van der Waals surface area contributed by atoms with Crippen LogP contribution in [0.5, 0.6) is 0 Å². The first-order valence-electron chi connectivity index (χ1n) is 10.1. The molecule has 1 aliphatic heterocycles. The fourth-order valence-corrected chi connectivity index (χ4v) is 3.85. The van der Waals surface area contributed by atoms with E-state index in [1.165, 1.54) is 22.8 Å². The van der Waals surface area contributed by atoms with Crippen LogP contribution in [0.2, 0.25) is 0 Å². The Hall–Kier alpha value is -3.64. The third-order valence-electron chi connectivity index (χ3n) is 5.66. The van der Waals surface area contributed by atoms with Gasteiger partial charge in [-0.2, -0.15) is 5.26 Å². The summed E-state index contributed by atoms with van der Waals surface area (Å²) >= 11 is 0. The van der Waals surface area contributed by atoms with Gasteiger partial charge in [-0.05, 0) is 42.7 Å². The van der Waals surface area contributed by atoms with Gasteiger partial charge in [-0.3, -0.25) is 9.36 Å². The molecule has 0 spiro atoms. The summed E-state index contributed by atoms with van der Waals surface area (Å²) in [6.45, 7) is 1.18. The molecule has 9 heteroatoms. The average Bonchev–Trinajstić information content (AvgIpc) is 2.78. The first-order valence-corrected chi connectivity index (χ1v) is 10.1. The van der Waals surface area contributed by atoms with Crippen molar-refractivity contribution in [3.8, 4) is 28.5 Å². The van der Waals surface area contributed by atoms with Crippen molar-refractivity contribution < 1.29 is 13.2 Å². The number of hydrogen-bond donors (Lipinski definition) is 1. The fraction of sp³-hybridized carbons (Fsp3) is 0.261. The summed E-state index contributed by atoms with van der Waals surface area (Å²) in [6, 6.07) is 8.81. The molecule has 4 rings (SSSR count). The third kappa shape index (κ3) is 3.85. The van der Waals surface area contributed by atoms with Gasteiger partial charge in [-0.25, -0.2) is 18.2 Å². The van der Waals surface area contributed by atoms with Gasteiger partial charge in [-0.1, -0.05) is 12.1 Å². The molecule has 2 aromatic carbocycles. The van der Waals surface area contributed by atoms with E-state index < -0.39 is 23.0 Å². The van der Waals surface area contributed by atoms with E-state index in [2.05, 4.69) is 4.98 Å². The summed E-state index contributed by atoms with van der Waals surface area (Å²) in [5.41, 5.74) is 5.82. The van der Waals surface area contributed by atoms with E-state index in [4.69, 9.17) is 11.0 Å². The van der Waals surface area contributed by atoms with E-state index in [-0.39, 0.29) is 34.0 Å². The lowest BCUT2D eigenvalue weighted by Crippen LogP contribution is -2.42. The summed E-state index contributed by atoms with van der Waals surface area (Å²) < 4.78 is 43.2. The largest absolute Gasteiger partial charge is 0.342 e. The standard InChI is InChI=1S/C23H20F3N5O/c1-30-22(32)20(13-4-5-17(24)19(26)10-13)21(14-2-3-15(12-27)18(25)11-14)29-23(30)31-8-6-16(28)7-9-31/h2-5,10-11,16H,6-9,28H2,1H3. The molecule has 0 aliphatic carbocycles. The molecule has 3 aromatic rings. The molecule has 6 nitrogen and oxygen atoms in total. The average molecular weight is 439 g/mol. The van der Waals surface area contributed by atoms with Gasteiger partial charge in [0.15, 0.2) is 11.6 Å². The Morgan fingerprint density at radius 3 is 2.31 bits per heavy atom. The highest BCUT2D eigenvalue weighted by molar-refractivity contribution is 5.81. The van der Waals surface area contributed by atoms with E-state index >= 15 is 0 Å². The van der Waals surface area contributed by atoms with Gasteiger partial charge in [-0.15, -0.1) is 0 Å². The molecule has 1 aliphatic rings. The number of hydrogen-bond acceptors (Lipinski definition) is 5. The first kappa shape index (κ1) is 21.6. The minimum Gasteiger partial charge on any atom is -0.342 e. The van der Waals surface area contributed by atoms with Crippen molar-refractivity contribution in [2.45, 2.75) is 18.9 Å². The lowest BCUT2D eigenvalue weighted by molar-refractivity contribution is 0.490. The van der Waals surface area contributed by atoms with Gasteiger partial charge in [0, 0.05) is 31.7 Å². The lowest BCUT2D eigenvalue weighted by Gasteiger charge is -2.32. The van der Waals surface area contributed by atoms with Crippen LogP contribution in [0.1, 0.15) is 18.4 Å². The second kappa shape index (κ2) is 8.48. The van der Waals surface area contributed by atoms with Gasteiger partial charge in [0.2, 0.25) is 5.95 Å². The molecule has 0 unspecified atom stereocenters. The van der Waals surface area contributed by atoms with Crippen LogP contribution in [0.3, 0.4) is 0 Å². The van der Waals surface area contributed by atoms with Crippen LogP contribution in [0.15, 0.2) is 41.2 Å². The zero-order valence-electron chi connectivity index (χ0n) is 17.3. The molecule has 1 fully saturated rings. The first-order chi connectivity index (χ1) is 15.3. The zero-order chi connectivity index (χ0) is 23.0. The number of aromatic nitrogens is 2. The van der Waals surface area contributed by atoms with E-state index in [0.717, 1.165) is 31.0 Å². The lowest BCUT2D eigenvalue weighted by atomic mass is 9.99. The van der Waals surface area contributed by atoms with Crippen molar-refractivity contribution in [2.24, 2.45) is 12.8 Å². The minimum absolute atomic E-state index is 0.00738. The summed E-state index contributed by atoms with van der Waals surface area (Å²) in [5, 5.41) is 9.03. The molecule has 0 amide bonds. The Labute approximate surface area is 182 Å². The van der Waals surface area contributed by atoms with E-state index in [1.54, 1.807) is 13.1 Å². The topological polar surface area (TPSA) is 87.9 Å². The predicted octanol–water partition coefficient (Wildman–Crippen LogP) is 3.33. The second-order valence-electron chi connectivity index (χ2n) is 7.76. The van der Waals surface area contributed by atoms with Gasteiger partial charge < -0.3 is 10.6 Å². The van der Waals surface area contributed by atoms with Crippen LogP contribution in [-0.4, -0.2) is 28.7 Å². The van der Waals surface area contributed by atoms with Crippen molar-refractivity contribution in [3.63, 3.8) is 0 Å². The van der Waals surface area contributed by atoms with Crippen LogP contribution in [0.25, 0.3) is 22.4 Å². The van der Waals surface area contributed by atoms with E-state index in [1.807, 2.05) is 4.90 Å². The third-order valence-corrected chi connectivity index (χ3v) is 5.66. The highest BCUT2D eigenvalue weighted by Gasteiger charge is 2.25. The van der Waals surface area contributed by atoms with Crippen molar-refractivity contribution in [1.29, 1.82) is 5.26 Å². The molecule has 32 heavy (non-hydrogen) atoms. The molecule has 1 saturated heterocycles. The van der Waals surface area contributed by atoms with Crippen molar-refractivity contribution in [2.75, 3.05) is 18.0 Å². The molecule has 0 saturated carbocycles. The fourth-order valence-electron chi connectivity index (χ4n) is 3.85. The molecule has 0 atom stereocenters. The molecular formula is C23H20F3N5O. The van der Waals surface area contributed by atoms with Crippen molar-refractivity contribution in [1.82, 2.24) is 9.55 Å². The number of anilines is 1. The molecule has 0 radical (unpaired) electrons.